The second-order valence-electron chi connectivity index (χ2n) is 2.32. The summed E-state index contributed by atoms with van der Waals surface area (Å²) < 4.78 is 2.98. The number of alkyl carbamates (subject to hydrolysis) is 1. The minimum Gasteiger partial charge on any atom is -0.445 e. The highest BCUT2D eigenvalue weighted by atomic mass is 35.6. The van der Waals surface area contributed by atoms with Crippen molar-refractivity contribution in [1.29, 1.82) is 0 Å². The summed E-state index contributed by atoms with van der Waals surface area (Å²) >= 11 is 17.4. The number of hydrogen-bond acceptors (Lipinski definition) is 4. The molecule has 0 spiro atoms. The Morgan fingerprint density at radius 1 is 1.47 bits per heavy atom. The van der Waals surface area contributed by atoms with Gasteiger partial charge in [0.25, 0.3) is 0 Å². The molecule has 0 aliphatic heterocycles. The van der Waals surface area contributed by atoms with Gasteiger partial charge in [-0.25, -0.2) is 4.79 Å². The van der Waals surface area contributed by atoms with Crippen molar-refractivity contribution in [2.45, 2.75) is 3.79 Å². The van der Waals surface area contributed by atoms with Gasteiger partial charge in [-0.05, 0) is 0 Å². The minimum atomic E-state index is -1.60. The van der Waals surface area contributed by atoms with E-state index in [1.54, 1.807) is 6.29 Å². The lowest BCUT2D eigenvalue weighted by atomic mass is 10.7. The van der Waals surface area contributed by atoms with Crippen LogP contribution in [0.1, 0.15) is 0 Å². The number of alkyl halides is 3. The normalized spacial score (nSPS) is 10.9. The Bertz CT molecular complexity index is 210. The molecule has 0 heterocycles. The van der Waals surface area contributed by atoms with Gasteiger partial charge >= 0.3 is 6.09 Å². The molecule has 0 saturated carbocycles. The molecule has 0 fully saturated rings. The van der Waals surface area contributed by atoms with E-state index in [-0.39, 0.29) is 12.4 Å². The number of nitrogens with one attached hydrogen (secondary N) is 1. The van der Waals surface area contributed by atoms with Gasteiger partial charge in [0.15, 0.2) is 0 Å². The first-order valence-corrected chi connectivity index (χ1v) is 6.14. The van der Waals surface area contributed by atoms with Crippen LogP contribution in [0, 0.1) is 0 Å². The zero-order chi connectivity index (χ0) is 11.7. The standard InChI is InChI=1S/C7H9Cl3NO3S/c8-7(9,10)5-14-6(13)11-1-3-15-4-2-12/h1,3-5H2,(H,11,13). The SMILES string of the molecule is O=[C]CSCCNC(=O)OCC(Cl)(Cl)Cl. The monoisotopic (exact) mass is 292 g/mol. The molecule has 0 unspecified atom stereocenters. The van der Waals surface area contributed by atoms with Crippen molar-refractivity contribution in [3.63, 3.8) is 0 Å². The van der Waals surface area contributed by atoms with E-state index in [4.69, 9.17) is 34.8 Å². The quantitative estimate of drug-likeness (QED) is 0.600. The smallest absolute Gasteiger partial charge is 0.407 e. The average Bonchev–Trinajstić information content (AvgIpc) is 2.13. The molecule has 0 bridgehead atoms. The van der Waals surface area contributed by atoms with Crippen LogP contribution in [0.4, 0.5) is 4.79 Å². The molecule has 0 aromatic heterocycles. The van der Waals surface area contributed by atoms with Crippen molar-refractivity contribution in [1.82, 2.24) is 5.32 Å². The van der Waals surface area contributed by atoms with Crippen LogP contribution < -0.4 is 5.32 Å². The van der Waals surface area contributed by atoms with Gasteiger partial charge in [-0.15, -0.1) is 0 Å². The Hall–Kier alpha value is 0.160. The Kier molecular flexibility index (Phi) is 8.42. The topological polar surface area (TPSA) is 55.4 Å². The van der Waals surface area contributed by atoms with E-state index in [0.717, 1.165) is 0 Å². The third-order valence-electron chi connectivity index (χ3n) is 1.04. The molecule has 4 nitrogen and oxygen atoms in total. The van der Waals surface area contributed by atoms with E-state index in [1.807, 2.05) is 0 Å². The van der Waals surface area contributed by atoms with Crippen molar-refractivity contribution in [2.24, 2.45) is 0 Å². The van der Waals surface area contributed by atoms with Crippen molar-refractivity contribution in [2.75, 3.05) is 24.7 Å². The molecule has 0 aromatic carbocycles. The predicted octanol–water partition coefficient (Wildman–Crippen LogP) is 1.93. The van der Waals surface area contributed by atoms with Crippen molar-refractivity contribution < 1.29 is 14.3 Å². The number of amides is 1. The van der Waals surface area contributed by atoms with Gasteiger partial charge in [0.2, 0.25) is 10.1 Å². The second-order valence-corrected chi connectivity index (χ2v) is 5.94. The highest BCUT2D eigenvalue weighted by Crippen LogP contribution is 2.25. The lowest BCUT2D eigenvalue weighted by Gasteiger charge is -2.11. The molecule has 0 aromatic rings. The summed E-state index contributed by atoms with van der Waals surface area (Å²) in [6.07, 6.45) is 1.06. The molecule has 15 heavy (non-hydrogen) atoms. The van der Waals surface area contributed by atoms with E-state index >= 15 is 0 Å². The van der Waals surface area contributed by atoms with E-state index in [2.05, 4.69) is 10.1 Å². The van der Waals surface area contributed by atoms with Gasteiger partial charge in [-0.3, -0.25) is 4.79 Å². The molecular weight excluding hydrogens is 285 g/mol. The van der Waals surface area contributed by atoms with Crippen LogP contribution in [0.15, 0.2) is 0 Å². The van der Waals surface area contributed by atoms with Gasteiger partial charge in [0.05, 0.1) is 5.75 Å². The summed E-state index contributed by atoms with van der Waals surface area (Å²) in [5, 5.41) is 2.43. The maximum Gasteiger partial charge on any atom is 0.407 e. The lowest BCUT2D eigenvalue weighted by molar-refractivity contribution is 0.149. The molecule has 0 rings (SSSR count). The van der Waals surface area contributed by atoms with Crippen LogP contribution in [-0.4, -0.2) is 40.8 Å². The maximum atomic E-state index is 10.9. The molecule has 0 atom stereocenters. The molecule has 0 aliphatic carbocycles. The largest absolute Gasteiger partial charge is 0.445 e. The number of halogens is 3. The molecule has 87 valence electrons. The van der Waals surface area contributed by atoms with Crippen LogP contribution in [0.2, 0.25) is 0 Å². The molecule has 1 N–H and O–H groups in total. The molecule has 0 saturated heterocycles. The Morgan fingerprint density at radius 2 is 2.13 bits per heavy atom. The number of thioether (sulfide) groups is 1. The highest BCUT2D eigenvalue weighted by molar-refractivity contribution is 7.99. The van der Waals surface area contributed by atoms with E-state index in [9.17, 15) is 9.59 Å². The Balaban J connectivity index is 3.38. The van der Waals surface area contributed by atoms with Crippen molar-refractivity contribution in [3.8, 4) is 0 Å². The van der Waals surface area contributed by atoms with Gasteiger partial charge in [-0.1, -0.05) is 34.8 Å². The van der Waals surface area contributed by atoms with Crippen LogP contribution >= 0.6 is 46.6 Å². The van der Waals surface area contributed by atoms with Crippen molar-refractivity contribution in [3.05, 3.63) is 0 Å². The predicted molar refractivity (Wildman–Crippen MR) is 62.7 cm³/mol. The zero-order valence-electron chi connectivity index (χ0n) is 7.60. The fourth-order valence-electron chi connectivity index (χ4n) is 0.538. The third-order valence-corrected chi connectivity index (χ3v) is 2.19. The molecule has 0 aliphatic rings. The van der Waals surface area contributed by atoms with Crippen LogP contribution in [-0.2, 0) is 9.53 Å². The zero-order valence-corrected chi connectivity index (χ0v) is 10.7. The number of carbonyl (C=O) groups is 1. The maximum absolute atomic E-state index is 10.9. The third kappa shape index (κ3) is 12.1. The van der Waals surface area contributed by atoms with E-state index in [1.165, 1.54) is 11.8 Å². The molecule has 1 amide bonds. The summed E-state index contributed by atoms with van der Waals surface area (Å²) in [7, 11) is 0. The second kappa shape index (κ2) is 8.33. The van der Waals surface area contributed by atoms with Crippen molar-refractivity contribution >= 4 is 58.9 Å². The fourth-order valence-corrected chi connectivity index (χ4v) is 1.18. The fraction of sp³-hybridized carbons (Fsp3) is 0.714. The van der Waals surface area contributed by atoms with Gasteiger partial charge in [0, 0.05) is 12.3 Å². The van der Waals surface area contributed by atoms with Gasteiger partial charge < -0.3 is 10.1 Å². The number of rotatable bonds is 6. The first kappa shape index (κ1) is 15.2. The van der Waals surface area contributed by atoms with Crippen LogP contribution in [0.3, 0.4) is 0 Å². The summed E-state index contributed by atoms with van der Waals surface area (Å²) in [5.41, 5.74) is 0. The molecule has 1 radical (unpaired) electrons. The van der Waals surface area contributed by atoms with Crippen LogP contribution in [0.5, 0.6) is 0 Å². The average molecular weight is 294 g/mol. The van der Waals surface area contributed by atoms with E-state index in [0.29, 0.717) is 12.3 Å². The lowest BCUT2D eigenvalue weighted by Crippen LogP contribution is -2.29. The summed E-state index contributed by atoms with van der Waals surface area (Å²) in [4.78, 5) is 20.7. The van der Waals surface area contributed by atoms with E-state index < -0.39 is 9.89 Å². The summed E-state index contributed by atoms with van der Waals surface area (Å²) in [5.74, 6) is 0.878. The first-order chi connectivity index (χ1) is 6.95. The van der Waals surface area contributed by atoms with Crippen LogP contribution in [0.25, 0.3) is 0 Å². The number of ether oxygens (including phenoxy) is 1. The Labute approximate surface area is 107 Å². The highest BCUT2D eigenvalue weighted by Gasteiger charge is 2.21. The summed E-state index contributed by atoms with van der Waals surface area (Å²) in [6.45, 7) is 0.0732. The minimum absolute atomic E-state index is 0.283. The summed E-state index contributed by atoms with van der Waals surface area (Å²) in [6, 6.07) is 0. The van der Waals surface area contributed by atoms with Gasteiger partial charge in [0.1, 0.15) is 6.61 Å². The molecule has 8 heteroatoms. The molecular formula is C7H9Cl3NO3S. The Morgan fingerprint density at radius 3 is 2.67 bits per heavy atom. The first-order valence-electron chi connectivity index (χ1n) is 3.86. The van der Waals surface area contributed by atoms with Gasteiger partial charge in [-0.2, -0.15) is 11.8 Å². The number of hydrogen-bond donors (Lipinski definition) is 1. The number of carbonyl (C=O) groups excluding carboxylic acids is 2.